The summed E-state index contributed by atoms with van der Waals surface area (Å²) in [7, 11) is 0. The fourth-order valence-electron chi connectivity index (χ4n) is 3.29. The summed E-state index contributed by atoms with van der Waals surface area (Å²) in [4.78, 5) is 0. The van der Waals surface area contributed by atoms with E-state index in [1.807, 2.05) is 24.3 Å². The average Bonchev–Trinajstić information content (AvgIpc) is 3.24. The number of halogens is 2. The summed E-state index contributed by atoms with van der Waals surface area (Å²) in [6.07, 6.45) is 3.41. The van der Waals surface area contributed by atoms with Crippen LogP contribution in [0.3, 0.4) is 0 Å². The lowest BCUT2D eigenvalue weighted by Crippen LogP contribution is -2.05. The number of nitrogens with zero attached hydrogens (tertiary/aromatic N) is 1. The second kappa shape index (κ2) is 6.50. The Morgan fingerprint density at radius 1 is 1.08 bits per heavy atom. The molecule has 1 unspecified atom stereocenters. The van der Waals surface area contributed by atoms with Crippen LogP contribution < -0.4 is 5.32 Å². The SMILES string of the molecule is Clc1ccc2c(c1Cl)CC(c1nocc1NCc1ccccc1)C2. The Labute approximate surface area is 150 Å². The van der Waals surface area contributed by atoms with Crippen molar-refractivity contribution in [3.05, 3.63) is 81.2 Å². The molecule has 1 N–H and O–H groups in total. The Hall–Kier alpha value is -1.97. The standard InChI is InChI=1S/C19H16Cl2N2O/c20-16-7-6-13-8-14(9-15(13)18(16)21)19-17(11-24-23-19)22-10-12-4-2-1-3-5-12/h1-7,11,14,22H,8-10H2. The molecule has 0 saturated heterocycles. The zero-order chi connectivity index (χ0) is 16.5. The van der Waals surface area contributed by atoms with Gasteiger partial charge in [0.25, 0.3) is 0 Å². The van der Waals surface area contributed by atoms with Crippen LogP contribution in [-0.2, 0) is 19.4 Å². The first kappa shape index (κ1) is 15.6. The molecule has 2 aromatic carbocycles. The van der Waals surface area contributed by atoms with Gasteiger partial charge in [-0.1, -0.05) is 64.8 Å². The first-order valence-electron chi connectivity index (χ1n) is 7.90. The van der Waals surface area contributed by atoms with Crippen LogP contribution in [0.2, 0.25) is 10.0 Å². The molecule has 0 saturated carbocycles. The predicted octanol–water partition coefficient (Wildman–Crippen LogP) is 5.48. The van der Waals surface area contributed by atoms with Gasteiger partial charge in [-0.05, 0) is 35.6 Å². The first-order valence-corrected chi connectivity index (χ1v) is 8.66. The zero-order valence-corrected chi connectivity index (χ0v) is 14.4. The summed E-state index contributed by atoms with van der Waals surface area (Å²) in [6.45, 7) is 0.737. The fourth-order valence-corrected chi connectivity index (χ4v) is 3.73. The Balaban J connectivity index is 1.53. The summed E-state index contributed by atoms with van der Waals surface area (Å²) in [5.74, 6) is 0.257. The topological polar surface area (TPSA) is 38.1 Å². The second-order valence-corrected chi connectivity index (χ2v) is 6.84. The molecular weight excluding hydrogens is 343 g/mol. The molecule has 24 heavy (non-hydrogen) atoms. The highest BCUT2D eigenvalue weighted by molar-refractivity contribution is 6.42. The van der Waals surface area contributed by atoms with Gasteiger partial charge in [-0.15, -0.1) is 0 Å². The van der Waals surface area contributed by atoms with E-state index in [-0.39, 0.29) is 5.92 Å². The Morgan fingerprint density at radius 3 is 2.75 bits per heavy atom. The van der Waals surface area contributed by atoms with Gasteiger partial charge in [0.15, 0.2) is 0 Å². The Morgan fingerprint density at radius 2 is 1.92 bits per heavy atom. The molecule has 0 fully saturated rings. The third-order valence-electron chi connectivity index (χ3n) is 4.52. The van der Waals surface area contributed by atoms with Crippen LogP contribution >= 0.6 is 23.2 Å². The van der Waals surface area contributed by atoms with Crippen LogP contribution in [-0.4, -0.2) is 5.16 Å². The van der Waals surface area contributed by atoms with Gasteiger partial charge in [-0.3, -0.25) is 0 Å². The molecule has 4 rings (SSSR count). The Bertz CT molecular complexity index is 861. The number of benzene rings is 2. The molecule has 0 radical (unpaired) electrons. The molecule has 3 aromatic rings. The van der Waals surface area contributed by atoms with Gasteiger partial charge < -0.3 is 9.84 Å². The lowest BCUT2D eigenvalue weighted by Gasteiger charge is -2.10. The quantitative estimate of drug-likeness (QED) is 0.671. The van der Waals surface area contributed by atoms with Crippen molar-refractivity contribution in [3.8, 4) is 0 Å². The summed E-state index contributed by atoms with van der Waals surface area (Å²) in [5.41, 5.74) is 5.49. The molecule has 1 aliphatic rings. The van der Waals surface area contributed by atoms with E-state index in [1.165, 1.54) is 11.1 Å². The number of hydrogen-bond donors (Lipinski definition) is 1. The van der Waals surface area contributed by atoms with E-state index < -0.39 is 0 Å². The van der Waals surface area contributed by atoms with E-state index in [2.05, 4.69) is 28.7 Å². The van der Waals surface area contributed by atoms with Gasteiger partial charge in [0.1, 0.15) is 12.0 Å². The lowest BCUT2D eigenvalue weighted by atomic mass is 10.0. The maximum absolute atomic E-state index is 6.35. The average molecular weight is 359 g/mol. The minimum atomic E-state index is 0.257. The van der Waals surface area contributed by atoms with Gasteiger partial charge in [0, 0.05) is 12.5 Å². The fraction of sp³-hybridized carbons (Fsp3) is 0.211. The summed E-state index contributed by atoms with van der Waals surface area (Å²) in [6, 6.07) is 14.2. The molecule has 0 aliphatic heterocycles. The molecule has 1 aromatic heterocycles. The van der Waals surface area contributed by atoms with Crippen molar-refractivity contribution in [1.82, 2.24) is 5.16 Å². The normalized spacial score (nSPS) is 16.2. The number of aromatic nitrogens is 1. The van der Waals surface area contributed by atoms with Gasteiger partial charge in [-0.2, -0.15) is 0 Å². The summed E-state index contributed by atoms with van der Waals surface area (Å²) in [5, 5.41) is 8.93. The van der Waals surface area contributed by atoms with Crippen LogP contribution in [0.25, 0.3) is 0 Å². The molecule has 1 atom stereocenters. The monoisotopic (exact) mass is 358 g/mol. The molecular formula is C19H16Cl2N2O. The maximum Gasteiger partial charge on any atom is 0.147 e. The smallest absolute Gasteiger partial charge is 0.147 e. The molecule has 0 spiro atoms. The second-order valence-electron chi connectivity index (χ2n) is 6.06. The van der Waals surface area contributed by atoms with E-state index in [9.17, 15) is 0 Å². The molecule has 0 amide bonds. The van der Waals surface area contributed by atoms with Crippen molar-refractivity contribution in [2.24, 2.45) is 0 Å². The van der Waals surface area contributed by atoms with Crippen LogP contribution in [0.1, 0.15) is 28.3 Å². The lowest BCUT2D eigenvalue weighted by molar-refractivity contribution is 0.405. The van der Waals surface area contributed by atoms with Crippen molar-refractivity contribution in [3.63, 3.8) is 0 Å². The van der Waals surface area contributed by atoms with E-state index in [0.29, 0.717) is 10.0 Å². The first-order chi connectivity index (χ1) is 11.7. The van der Waals surface area contributed by atoms with E-state index in [0.717, 1.165) is 36.3 Å². The number of anilines is 1. The van der Waals surface area contributed by atoms with Crippen LogP contribution in [0.5, 0.6) is 0 Å². The largest absolute Gasteiger partial charge is 0.377 e. The minimum absolute atomic E-state index is 0.257. The zero-order valence-electron chi connectivity index (χ0n) is 12.9. The van der Waals surface area contributed by atoms with Crippen molar-refractivity contribution in [1.29, 1.82) is 0 Å². The Kier molecular flexibility index (Phi) is 4.21. The van der Waals surface area contributed by atoms with Gasteiger partial charge >= 0.3 is 0 Å². The summed E-state index contributed by atoms with van der Waals surface area (Å²) < 4.78 is 5.23. The van der Waals surface area contributed by atoms with Gasteiger partial charge in [0.2, 0.25) is 0 Å². The number of rotatable bonds is 4. The van der Waals surface area contributed by atoms with Crippen molar-refractivity contribution < 1.29 is 4.52 Å². The van der Waals surface area contributed by atoms with Crippen molar-refractivity contribution in [2.45, 2.75) is 25.3 Å². The minimum Gasteiger partial charge on any atom is -0.377 e. The highest BCUT2D eigenvalue weighted by Gasteiger charge is 2.29. The molecule has 0 bridgehead atoms. The number of hydrogen-bond acceptors (Lipinski definition) is 3. The van der Waals surface area contributed by atoms with Crippen molar-refractivity contribution >= 4 is 28.9 Å². The summed E-state index contributed by atoms with van der Waals surface area (Å²) >= 11 is 12.5. The molecule has 1 aliphatic carbocycles. The number of nitrogens with one attached hydrogen (secondary N) is 1. The van der Waals surface area contributed by atoms with Crippen molar-refractivity contribution in [2.75, 3.05) is 5.32 Å². The molecule has 3 nitrogen and oxygen atoms in total. The van der Waals surface area contributed by atoms with E-state index >= 15 is 0 Å². The molecule has 5 heteroatoms. The third-order valence-corrected chi connectivity index (χ3v) is 5.36. The third kappa shape index (κ3) is 2.90. The predicted molar refractivity (Wildman–Crippen MR) is 96.9 cm³/mol. The van der Waals surface area contributed by atoms with Crippen LogP contribution in [0.4, 0.5) is 5.69 Å². The highest BCUT2D eigenvalue weighted by atomic mass is 35.5. The van der Waals surface area contributed by atoms with Crippen LogP contribution in [0.15, 0.2) is 53.3 Å². The molecule has 1 heterocycles. The van der Waals surface area contributed by atoms with Gasteiger partial charge in [-0.25, -0.2) is 0 Å². The van der Waals surface area contributed by atoms with Crippen LogP contribution in [0, 0.1) is 0 Å². The van der Waals surface area contributed by atoms with E-state index in [4.69, 9.17) is 27.7 Å². The highest BCUT2D eigenvalue weighted by Crippen LogP contribution is 2.41. The van der Waals surface area contributed by atoms with Gasteiger partial charge in [0.05, 0.1) is 15.7 Å². The maximum atomic E-state index is 6.35. The van der Waals surface area contributed by atoms with E-state index in [1.54, 1.807) is 6.26 Å². The number of fused-ring (bicyclic) bond motifs is 1. The molecule has 122 valence electrons.